The second-order valence-electron chi connectivity index (χ2n) is 9.17. The van der Waals surface area contributed by atoms with Gasteiger partial charge in [-0.3, -0.25) is 9.69 Å². The molecule has 0 atom stereocenters. The average molecular weight is 457 g/mol. The van der Waals surface area contributed by atoms with Crippen LogP contribution in [0.25, 0.3) is 0 Å². The zero-order chi connectivity index (χ0) is 23.3. The molecule has 0 bridgehead atoms. The first-order valence-corrected chi connectivity index (χ1v) is 12.0. The summed E-state index contributed by atoms with van der Waals surface area (Å²) in [6.45, 7) is 2.80. The van der Waals surface area contributed by atoms with Gasteiger partial charge in [-0.15, -0.1) is 0 Å². The zero-order valence-corrected chi connectivity index (χ0v) is 19.2. The van der Waals surface area contributed by atoms with Crippen molar-refractivity contribution in [2.24, 2.45) is 5.92 Å². The molecule has 5 nitrogen and oxygen atoms in total. The number of anilines is 2. The van der Waals surface area contributed by atoms with Crippen LogP contribution in [0, 0.1) is 11.7 Å². The molecule has 6 heteroatoms. The Kier molecular flexibility index (Phi) is 6.77. The largest absolute Gasteiger partial charge is 0.340 e. The van der Waals surface area contributed by atoms with Gasteiger partial charge in [0, 0.05) is 29.1 Å². The lowest BCUT2D eigenvalue weighted by Gasteiger charge is -2.30. The molecule has 2 heterocycles. The summed E-state index contributed by atoms with van der Waals surface area (Å²) in [5.74, 6) is 1.11. The molecule has 1 saturated heterocycles. The number of piperidine rings is 1. The summed E-state index contributed by atoms with van der Waals surface area (Å²) < 4.78 is 13.1. The molecule has 0 amide bonds. The maximum absolute atomic E-state index is 13.1. The van der Waals surface area contributed by atoms with E-state index < -0.39 is 0 Å². The number of hydrogen-bond donors (Lipinski definition) is 1. The Labute approximate surface area is 199 Å². The minimum atomic E-state index is -0.197. The first-order valence-electron chi connectivity index (χ1n) is 12.0. The van der Waals surface area contributed by atoms with Crippen molar-refractivity contribution in [2.75, 3.05) is 18.4 Å². The number of nitrogens with zero attached hydrogens (tertiary/aromatic N) is 3. The maximum atomic E-state index is 13.1. The third-order valence-corrected chi connectivity index (χ3v) is 6.78. The fourth-order valence-corrected chi connectivity index (χ4v) is 4.79. The Bertz CT molecular complexity index is 1170. The van der Waals surface area contributed by atoms with Gasteiger partial charge in [0.05, 0.1) is 0 Å². The average Bonchev–Trinajstić information content (AvgIpc) is 3.35. The molecule has 2 aliphatic rings. The van der Waals surface area contributed by atoms with Gasteiger partial charge in [0.1, 0.15) is 18.0 Å². The highest BCUT2D eigenvalue weighted by molar-refractivity contribution is 6.04. The number of allylic oxidation sites excluding steroid dienone is 2. The monoisotopic (exact) mass is 456 g/mol. The lowest BCUT2D eigenvalue weighted by molar-refractivity contribution is 0.104. The van der Waals surface area contributed by atoms with E-state index in [0.29, 0.717) is 11.5 Å². The van der Waals surface area contributed by atoms with E-state index in [1.807, 2.05) is 36.4 Å². The molecular formula is C28H29FN4O. The van der Waals surface area contributed by atoms with Gasteiger partial charge in [0.25, 0.3) is 0 Å². The van der Waals surface area contributed by atoms with E-state index in [4.69, 9.17) is 0 Å². The quantitative estimate of drug-likeness (QED) is 0.376. The van der Waals surface area contributed by atoms with Gasteiger partial charge in [-0.25, -0.2) is 14.4 Å². The molecule has 2 aromatic carbocycles. The van der Waals surface area contributed by atoms with Gasteiger partial charge in [-0.1, -0.05) is 18.2 Å². The summed E-state index contributed by atoms with van der Waals surface area (Å²) >= 11 is 0. The van der Waals surface area contributed by atoms with E-state index in [1.165, 1.54) is 17.7 Å². The number of halogens is 1. The number of carbonyl (C=O) groups is 1. The van der Waals surface area contributed by atoms with Crippen LogP contribution in [-0.2, 0) is 19.4 Å². The minimum Gasteiger partial charge on any atom is -0.340 e. The molecule has 0 spiro atoms. The topological polar surface area (TPSA) is 58.1 Å². The molecule has 1 N–H and O–H groups in total. The molecule has 1 aliphatic carbocycles. The number of nitrogens with one attached hydrogen (secondary N) is 1. The lowest BCUT2D eigenvalue weighted by atomic mass is 9.95. The highest BCUT2D eigenvalue weighted by Crippen LogP contribution is 2.27. The first kappa shape index (κ1) is 22.4. The molecule has 5 rings (SSSR count). The van der Waals surface area contributed by atoms with Gasteiger partial charge >= 0.3 is 0 Å². The predicted octanol–water partition coefficient (Wildman–Crippen LogP) is 5.50. The Morgan fingerprint density at radius 1 is 1.03 bits per heavy atom. The number of carbonyl (C=O) groups excluding carboxylic acids is 1. The summed E-state index contributed by atoms with van der Waals surface area (Å²) in [7, 11) is 0. The lowest BCUT2D eigenvalue weighted by Crippen LogP contribution is -2.32. The van der Waals surface area contributed by atoms with Crippen molar-refractivity contribution in [1.82, 2.24) is 14.9 Å². The van der Waals surface area contributed by atoms with Crippen molar-refractivity contribution in [3.05, 3.63) is 95.2 Å². The van der Waals surface area contributed by atoms with Crippen molar-refractivity contribution in [1.29, 1.82) is 0 Å². The smallest absolute Gasteiger partial charge is 0.185 e. The van der Waals surface area contributed by atoms with Crippen LogP contribution in [0.5, 0.6) is 0 Å². The van der Waals surface area contributed by atoms with Crippen molar-refractivity contribution in [3.8, 4) is 0 Å². The summed E-state index contributed by atoms with van der Waals surface area (Å²) in [5.41, 5.74) is 5.07. The van der Waals surface area contributed by atoms with Gasteiger partial charge in [0.2, 0.25) is 0 Å². The highest BCUT2D eigenvalue weighted by Gasteiger charge is 2.18. The molecule has 34 heavy (non-hydrogen) atoms. The highest BCUT2D eigenvalue weighted by atomic mass is 19.1. The number of aryl methyl sites for hydroxylation is 1. The molecular weight excluding hydrogens is 427 g/mol. The van der Waals surface area contributed by atoms with Crippen molar-refractivity contribution in [3.63, 3.8) is 0 Å². The Hall–Kier alpha value is -3.38. The summed E-state index contributed by atoms with van der Waals surface area (Å²) in [5, 5.41) is 3.37. The second-order valence-corrected chi connectivity index (χ2v) is 9.17. The standard InChI is InChI=1S/C28H29FN4O/c29-23-9-4-21(5-10-23)18-33-16-14-20(15-17-33)6-13-27(34)22-7-11-24(12-8-22)32-28-25-2-1-3-26(25)30-19-31-28/h4-13,19-20H,1-3,14-18H2,(H,30,31,32)/b13-6+. The number of fused-ring (bicyclic) bond motifs is 1. The number of rotatable bonds is 7. The van der Waals surface area contributed by atoms with Gasteiger partial charge < -0.3 is 5.32 Å². The van der Waals surface area contributed by atoms with Crippen molar-refractivity contribution >= 4 is 17.3 Å². The molecule has 1 aliphatic heterocycles. The van der Waals surface area contributed by atoms with Gasteiger partial charge in [-0.2, -0.15) is 0 Å². The van der Waals surface area contributed by atoms with Gasteiger partial charge in [-0.05, 0) is 99.1 Å². The fourth-order valence-electron chi connectivity index (χ4n) is 4.79. The van der Waals surface area contributed by atoms with Gasteiger partial charge in [0.15, 0.2) is 5.78 Å². The number of aromatic nitrogens is 2. The Morgan fingerprint density at radius 3 is 2.56 bits per heavy atom. The fraction of sp³-hybridized carbons (Fsp3) is 0.321. The SMILES string of the molecule is O=C(/C=C/C1CCN(Cc2ccc(F)cc2)CC1)c1ccc(Nc2ncnc3c2CCC3)cc1. The van der Waals surface area contributed by atoms with E-state index in [9.17, 15) is 9.18 Å². The zero-order valence-electron chi connectivity index (χ0n) is 19.2. The number of likely N-dealkylation sites (tertiary alicyclic amines) is 1. The third-order valence-electron chi connectivity index (χ3n) is 6.78. The predicted molar refractivity (Wildman–Crippen MR) is 132 cm³/mol. The van der Waals surface area contributed by atoms with Crippen LogP contribution < -0.4 is 5.32 Å². The molecule has 0 unspecified atom stereocenters. The number of ketones is 1. The molecule has 3 aromatic rings. The van der Waals surface area contributed by atoms with Crippen LogP contribution >= 0.6 is 0 Å². The maximum Gasteiger partial charge on any atom is 0.185 e. The van der Waals surface area contributed by atoms with E-state index >= 15 is 0 Å². The molecule has 1 aromatic heterocycles. The number of benzene rings is 2. The molecule has 0 radical (unpaired) electrons. The molecule has 1 fully saturated rings. The van der Waals surface area contributed by atoms with E-state index in [0.717, 1.165) is 74.5 Å². The first-order chi connectivity index (χ1) is 16.6. The van der Waals surface area contributed by atoms with Crippen LogP contribution in [0.2, 0.25) is 0 Å². The van der Waals surface area contributed by atoms with Crippen LogP contribution in [0.15, 0.2) is 67.0 Å². The van der Waals surface area contributed by atoms with Crippen LogP contribution in [0.4, 0.5) is 15.9 Å². The Balaban J connectivity index is 1.12. The summed E-state index contributed by atoms with van der Waals surface area (Å²) in [4.78, 5) is 23.8. The normalized spacial score (nSPS) is 16.6. The van der Waals surface area contributed by atoms with Crippen LogP contribution in [0.1, 0.15) is 46.4 Å². The summed E-state index contributed by atoms with van der Waals surface area (Å²) in [6, 6.07) is 14.3. The Morgan fingerprint density at radius 2 is 1.79 bits per heavy atom. The molecule has 174 valence electrons. The van der Waals surface area contributed by atoms with Crippen LogP contribution in [0.3, 0.4) is 0 Å². The van der Waals surface area contributed by atoms with Crippen molar-refractivity contribution in [2.45, 2.75) is 38.6 Å². The van der Waals surface area contributed by atoms with E-state index in [2.05, 4.69) is 26.3 Å². The number of hydrogen-bond acceptors (Lipinski definition) is 5. The van der Waals surface area contributed by atoms with E-state index in [1.54, 1.807) is 12.4 Å². The summed E-state index contributed by atoms with van der Waals surface area (Å²) in [6.07, 6.45) is 10.6. The van der Waals surface area contributed by atoms with Crippen molar-refractivity contribution < 1.29 is 9.18 Å². The minimum absolute atomic E-state index is 0.0308. The van der Waals surface area contributed by atoms with Crippen LogP contribution in [-0.4, -0.2) is 33.7 Å². The second kappa shape index (κ2) is 10.3. The van der Waals surface area contributed by atoms with E-state index in [-0.39, 0.29) is 11.6 Å². The molecule has 0 saturated carbocycles. The third kappa shape index (κ3) is 5.39.